The topological polar surface area (TPSA) is 48.1 Å². The Labute approximate surface area is 149 Å². The Morgan fingerprint density at radius 3 is 2.19 bits per heavy atom. The Hall–Kier alpha value is -3.02. The van der Waals surface area contributed by atoms with E-state index in [1.165, 1.54) is 6.07 Å². The molecule has 0 atom stereocenters. The van der Waals surface area contributed by atoms with Crippen molar-refractivity contribution in [1.82, 2.24) is 4.98 Å². The van der Waals surface area contributed by atoms with Gasteiger partial charge >= 0.3 is 6.18 Å². The normalized spacial score (nSPS) is 11.4. The number of aromatic nitrogens is 1. The summed E-state index contributed by atoms with van der Waals surface area (Å²) in [6.07, 6.45) is -3.66. The van der Waals surface area contributed by atoms with Crippen LogP contribution in [0.15, 0.2) is 54.7 Å². The summed E-state index contributed by atoms with van der Waals surface area (Å²) in [6, 6.07) is 13.4. The number of rotatable bonds is 3. The van der Waals surface area contributed by atoms with Gasteiger partial charge in [0.2, 0.25) is 5.88 Å². The number of hydrogen-bond donors (Lipinski definition) is 1. The summed E-state index contributed by atoms with van der Waals surface area (Å²) in [4.78, 5) is 3.73. The van der Waals surface area contributed by atoms with E-state index < -0.39 is 11.7 Å². The molecule has 134 valence electrons. The highest BCUT2D eigenvalue weighted by Crippen LogP contribution is 2.34. The average molecular weight is 358 g/mol. The van der Waals surface area contributed by atoms with Crippen molar-refractivity contribution in [2.24, 2.45) is 0 Å². The number of nitrogens with zero attached hydrogens (tertiary/aromatic N) is 1. The van der Waals surface area contributed by atoms with Gasteiger partial charge in [-0.1, -0.05) is 12.1 Å². The smallest absolute Gasteiger partial charge is 0.417 e. The third kappa shape index (κ3) is 3.79. The second kappa shape index (κ2) is 6.71. The Bertz CT molecular complexity index is 912. The Kier molecular flexibility index (Phi) is 4.59. The molecule has 26 heavy (non-hydrogen) atoms. The second-order valence-electron chi connectivity index (χ2n) is 6.04. The van der Waals surface area contributed by atoms with Gasteiger partial charge < -0.3 is 10.5 Å². The highest BCUT2D eigenvalue weighted by atomic mass is 19.4. The van der Waals surface area contributed by atoms with Gasteiger partial charge in [-0.2, -0.15) is 13.2 Å². The van der Waals surface area contributed by atoms with Crippen LogP contribution in [0.2, 0.25) is 0 Å². The average Bonchev–Trinajstić information content (AvgIpc) is 2.54. The number of nitrogen functional groups attached to an aromatic ring is 1. The monoisotopic (exact) mass is 358 g/mol. The predicted octanol–water partition coefficient (Wildman–Crippen LogP) is 5.76. The minimum atomic E-state index is -4.42. The number of pyridine rings is 1. The molecule has 1 aromatic heterocycles. The van der Waals surface area contributed by atoms with Gasteiger partial charge in [-0.25, -0.2) is 4.98 Å². The van der Waals surface area contributed by atoms with Gasteiger partial charge in [-0.15, -0.1) is 0 Å². The van der Waals surface area contributed by atoms with Gasteiger partial charge in [-0.3, -0.25) is 0 Å². The zero-order chi connectivity index (χ0) is 18.9. The maximum absolute atomic E-state index is 12.6. The lowest BCUT2D eigenvalue weighted by molar-refractivity contribution is -0.137. The Morgan fingerprint density at radius 1 is 0.962 bits per heavy atom. The first-order chi connectivity index (χ1) is 12.2. The maximum atomic E-state index is 12.6. The first-order valence-electron chi connectivity index (χ1n) is 7.92. The summed E-state index contributed by atoms with van der Waals surface area (Å²) in [7, 11) is 0. The quantitative estimate of drug-likeness (QED) is 0.606. The lowest BCUT2D eigenvalue weighted by Gasteiger charge is -2.14. The van der Waals surface area contributed by atoms with E-state index in [1.54, 1.807) is 0 Å². The van der Waals surface area contributed by atoms with Gasteiger partial charge in [0.15, 0.2) is 0 Å². The third-order valence-corrected chi connectivity index (χ3v) is 3.97. The predicted molar refractivity (Wildman–Crippen MR) is 95.1 cm³/mol. The zero-order valence-electron chi connectivity index (χ0n) is 14.3. The van der Waals surface area contributed by atoms with E-state index >= 15 is 0 Å². The van der Waals surface area contributed by atoms with Gasteiger partial charge in [0.25, 0.3) is 0 Å². The van der Waals surface area contributed by atoms with E-state index in [9.17, 15) is 13.2 Å². The molecule has 0 saturated heterocycles. The first kappa shape index (κ1) is 17.8. The molecule has 0 aliphatic rings. The molecule has 6 heteroatoms. The largest absolute Gasteiger partial charge is 0.439 e. The molecule has 0 aliphatic heterocycles. The Morgan fingerprint density at radius 2 is 1.65 bits per heavy atom. The van der Waals surface area contributed by atoms with Crippen LogP contribution in [0.1, 0.15) is 16.7 Å². The van der Waals surface area contributed by atoms with E-state index in [-0.39, 0.29) is 5.88 Å². The van der Waals surface area contributed by atoms with Crippen molar-refractivity contribution in [1.29, 1.82) is 0 Å². The number of hydrogen-bond acceptors (Lipinski definition) is 3. The fourth-order valence-corrected chi connectivity index (χ4v) is 2.86. The fourth-order valence-electron chi connectivity index (χ4n) is 2.86. The second-order valence-corrected chi connectivity index (χ2v) is 6.04. The molecule has 0 fully saturated rings. The number of aryl methyl sites for hydroxylation is 2. The lowest BCUT2D eigenvalue weighted by atomic mass is 9.95. The number of nitrogens with two attached hydrogens (primary N) is 1. The summed E-state index contributed by atoms with van der Waals surface area (Å²) < 4.78 is 43.4. The molecule has 2 aromatic carbocycles. The van der Waals surface area contributed by atoms with Gasteiger partial charge in [0.1, 0.15) is 5.75 Å². The highest BCUT2D eigenvalue weighted by Gasteiger charge is 2.30. The van der Waals surface area contributed by atoms with Crippen molar-refractivity contribution >= 4 is 5.69 Å². The fraction of sp³-hybridized carbons (Fsp3) is 0.150. The van der Waals surface area contributed by atoms with Crippen molar-refractivity contribution in [3.8, 4) is 22.8 Å². The summed E-state index contributed by atoms with van der Waals surface area (Å²) in [6.45, 7) is 3.89. The molecule has 0 radical (unpaired) electrons. The number of ether oxygens (including phenoxy) is 1. The minimum Gasteiger partial charge on any atom is -0.439 e. The highest BCUT2D eigenvalue weighted by molar-refractivity contribution is 5.74. The first-order valence-corrected chi connectivity index (χ1v) is 7.92. The van der Waals surface area contributed by atoms with Crippen LogP contribution in [-0.4, -0.2) is 4.98 Å². The molecule has 3 nitrogen and oxygen atoms in total. The summed E-state index contributed by atoms with van der Waals surface area (Å²) in [5.74, 6) is 0.619. The van der Waals surface area contributed by atoms with Gasteiger partial charge in [-0.05, 0) is 66.4 Å². The molecule has 0 amide bonds. The maximum Gasteiger partial charge on any atom is 0.417 e. The van der Waals surface area contributed by atoms with Crippen LogP contribution < -0.4 is 10.5 Å². The van der Waals surface area contributed by atoms with Gasteiger partial charge in [0, 0.05) is 18.0 Å². The standard InChI is InChI=1S/C20H17F3N2O/c1-12-8-17(26-18-7-6-15(11-25-18)20(21,22)23)9-13(2)19(12)14-4-3-5-16(24)10-14/h3-11H,24H2,1-2H3. The third-order valence-electron chi connectivity index (χ3n) is 3.97. The lowest BCUT2D eigenvalue weighted by Crippen LogP contribution is -2.05. The van der Waals surface area contributed by atoms with Crippen LogP contribution in [0.25, 0.3) is 11.1 Å². The molecular formula is C20H17F3N2O. The molecule has 0 saturated carbocycles. The number of halogens is 3. The van der Waals surface area contributed by atoms with Gasteiger partial charge in [0.05, 0.1) is 5.56 Å². The minimum absolute atomic E-state index is 0.105. The molecule has 0 bridgehead atoms. The number of benzene rings is 2. The molecule has 1 heterocycles. The van der Waals surface area contributed by atoms with Crippen LogP contribution in [0, 0.1) is 13.8 Å². The van der Waals surface area contributed by atoms with E-state index in [4.69, 9.17) is 10.5 Å². The van der Waals surface area contributed by atoms with Crippen molar-refractivity contribution < 1.29 is 17.9 Å². The molecule has 2 N–H and O–H groups in total. The van der Waals surface area contributed by atoms with Crippen molar-refractivity contribution in [2.75, 3.05) is 5.73 Å². The molecular weight excluding hydrogens is 341 g/mol. The zero-order valence-corrected chi connectivity index (χ0v) is 14.3. The number of anilines is 1. The van der Waals surface area contributed by atoms with E-state index in [0.717, 1.165) is 34.5 Å². The molecule has 0 unspecified atom stereocenters. The van der Waals surface area contributed by atoms with E-state index in [2.05, 4.69) is 4.98 Å². The van der Waals surface area contributed by atoms with Crippen LogP contribution in [0.3, 0.4) is 0 Å². The van der Waals surface area contributed by atoms with Crippen LogP contribution >= 0.6 is 0 Å². The number of alkyl halides is 3. The summed E-state index contributed by atoms with van der Waals surface area (Å²) >= 11 is 0. The molecule has 0 aliphatic carbocycles. The van der Waals surface area contributed by atoms with Crippen LogP contribution in [0.5, 0.6) is 11.6 Å². The molecule has 0 spiro atoms. The van der Waals surface area contributed by atoms with Crippen molar-refractivity contribution in [2.45, 2.75) is 20.0 Å². The van der Waals surface area contributed by atoms with Crippen molar-refractivity contribution in [3.05, 3.63) is 71.4 Å². The Balaban J connectivity index is 1.89. The van der Waals surface area contributed by atoms with Crippen LogP contribution in [0.4, 0.5) is 18.9 Å². The molecule has 3 aromatic rings. The summed E-state index contributed by atoms with van der Waals surface area (Å²) in [5, 5.41) is 0. The van der Waals surface area contributed by atoms with Crippen molar-refractivity contribution in [3.63, 3.8) is 0 Å². The summed E-state index contributed by atoms with van der Waals surface area (Å²) in [5.41, 5.74) is 9.71. The van der Waals surface area contributed by atoms with E-state index in [0.29, 0.717) is 11.4 Å². The SMILES string of the molecule is Cc1cc(Oc2ccc(C(F)(F)F)cn2)cc(C)c1-c1cccc(N)c1. The van der Waals surface area contributed by atoms with E-state index in [1.807, 2.05) is 50.2 Å². The molecule has 3 rings (SSSR count). The van der Waals surface area contributed by atoms with Crippen LogP contribution in [-0.2, 0) is 6.18 Å².